The number of rotatable bonds is 11. The molecule has 2 saturated heterocycles. The van der Waals surface area contributed by atoms with E-state index < -0.39 is 29.7 Å². The molecule has 6 aliphatic rings. The highest BCUT2D eigenvalue weighted by Gasteiger charge is 2.75. The lowest BCUT2D eigenvalue weighted by Gasteiger charge is -2.60. The number of hydrogen-bond acceptors (Lipinski definition) is 8. The van der Waals surface area contributed by atoms with E-state index in [1.165, 1.54) is 5.57 Å². The molecule has 5 fully saturated rings. The Morgan fingerprint density at radius 3 is 2.71 bits per heavy atom. The lowest BCUT2D eigenvalue weighted by Crippen LogP contribution is -2.63. The molecule has 2 heterocycles. The van der Waals surface area contributed by atoms with Gasteiger partial charge in [0.1, 0.15) is 13.2 Å². The summed E-state index contributed by atoms with van der Waals surface area (Å²) in [5.74, 6) is 0.396. The largest absolute Gasteiger partial charge is 0.393 e. The van der Waals surface area contributed by atoms with Gasteiger partial charge in [-0.15, -0.1) is 0 Å². The summed E-state index contributed by atoms with van der Waals surface area (Å²) in [4.78, 5) is 26.5. The highest BCUT2D eigenvalue weighted by atomic mass is 16.7. The molecule has 0 bridgehead atoms. The van der Waals surface area contributed by atoms with E-state index in [9.17, 15) is 14.7 Å². The van der Waals surface area contributed by atoms with E-state index in [0.29, 0.717) is 19.4 Å². The van der Waals surface area contributed by atoms with E-state index in [-0.39, 0.29) is 66.1 Å². The van der Waals surface area contributed by atoms with E-state index in [1.54, 1.807) is 0 Å². The minimum atomic E-state index is -1.18. The third-order valence-corrected chi connectivity index (χ3v) is 12.2. The molecule has 0 radical (unpaired) electrons. The van der Waals surface area contributed by atoms with Gasteiger partial charge in [-0.3, -0.25) is 9.59 Å². The fourth-order valence-corrected chi connectivity index (χ4v) is 9.92. The van der Waals surface area contributed by atoms with Gasteiger partial charge in [-0.2, -0.15) is 0 Å². The molecule has 3 saturated carbocycles. The fraction of sp³-hybridized carbons (Fsp3) is 0.784. The van der Waals surface area contributed by atoms with Crippen LogP contribution < -0.4 is 0 Å². The van der Waals surface area contributed by atoms with Crippen molar-refractivity contribution in [1.29, 1.82) is 0 Å². The maximum atomic E-state index is 14.5. The quantitative estimate of drug-likeness (QED) is 0.304. The first kappa shape index (κ1) is 33.2. The van der Waals surface area contributed by atoms with Gasteiger partial charge in [-0.1, -0.05) is 71.4 Å². The van der Waals surface area contributed by atoms with Crippen molar-refractivity contribution < 1.29 is 38.4 Å². The summed E-state index contributed by atoms with van der Waals surface area (Å²) in [6, 6.07) is 0. The number of aliphatic hydroxyl groups is 1. The number of ether oxygens (including phenoxy) is 5. The number of aliphatic hydroxyl groups excluding tert-OH is 1. The first-order chi connectivity index (χ1) is 21.4. The number of Topliss-reactive ketones (excluding diaryl/α,β-unsaturated/α-hetero) is 2. The SMILES string of the molecule is C=C1C=C[C@@]2(C)C(=C1)CC[C@@H]1[C@@H]2[C@@H](O)C[C@@]2(C)[C@H]1C[C@H]1OC(CCC)O[C@]12C(=O)COC1CCCC(COCC(=O)C(C)C)O1. The molecule has 6 rings (SSSR count). The van der Waals surface area contributed by atoms with Crippen LogP contribution in [-0.4, -0.2) is 73.0 Å². The minimum absolute atomic E-state index is 0.0606. The summed E-state index contributed by atoms with van der Waals surface area (Å²) in [5.41, 5.74) is 0.380. The standard InChI is InChI=1S/C37H54O8/c1-7-9-33-44-31-17-27-26-13-12-24-16-23(4)14-15-35(24,5)34(26)28(38)18-36(27,6)37(31,45-33)30(40)21-42-32-11-8-10-25(43-32)19-41-20-29(39)22(2)3/h14-16,22,25-28,31-34,38H,4,7-13,17-21H2,1-3,5-6H3/t25?,26-,27-,28-,31+,32?,33?,34+,35-,36-,37+/m0/s1. The second-order valence-electron chi connectivity index (χ2n) is 15.3. The van der Waals surface area contributed by atoms with E-state index >= 15 is 0 Å². The van der Waals surface area contributed by atoms with Crippen molar-refractivity contribution in [1.82, 2.24) is 0 Å². The van der Waals surface area contributed by atoms with Crippen molar-refractivity contribution >= 4 is 11.6 Å². The number of fused-ring (bicyclic) bond motifs is 7. The zero-order valence-electron chi connectivity index (χ0n) is 27.9. The molecule has 0 aromatic heterocycles. The summed E-state index contributed by atoms with van der Waals surface area (Å²) >= 11 is 0. The van der Waals surface area contributed by atoms with Crippen molar-refractivity contribution in [3.05, 3.63) is 36.0 Å². The van der Waals surface area contributed by atoms with Gasteiger partial charge in [0.15, 0.2) is 29.7 Å². The van der Waals surface area contributed by atoms with Crippen LogP contribution in [0.25, 0.3) is 0 Å². The lowest BCUT2D eigenvalue weighted by atomic mass is 9.46. The van der Waals surface area contributed by atoms with Gasteiger partial charge < -0.3 is 28.8 Å². The van der Waals surface area contributed by atoms with Crippen LogP contribution >= 0.6 is 0 Å². The van der Waals surface area contributed by atoms with E-state index in [2.05, 4.69) is 45.6 Å². The van der Waals surface area contributed by atoms with Crippen molar-refractivity contribution in [2.24, 2.45) is 34.5 Å². The Morgan fingerprint density at radius 1 is 1.16 bits per heavy atom. The van der Waals surface area contributed by atoms with Crippen LogP contribution in [0, 0.1) is 34.5 Å². The summed E-state index contributed by atoms with van der Waals surface area (Å²) in [7, 11) is 0. The second kappa shape index (κ2) is 12.7. The molecule has 0 aromatic rings. The van der Waals surface area contributed by atoms with Gasteiger partial charge in [0.2, 0.25) is 0 Å². The maximum Gasteiger partial charge on any atom is 0.193 e. The molecule has 0 spiro atoms. The first-order valence-corrected chi connectivity index (χ1v) is 17.4. The Kier molecular flexibility index (Phi) is 9.41. The first-order valence-electron chi connectivity index (χ1n) is 17.4. The van der Waals surface area contributed by atoms with Crippen LogP contribution in [-0.2, 0) is 33.3 Å². The summed E-state index contributed by atoms with van der Waals surface area (Å²) in [5, 5.41) is 12.0. The number of hydrogen-bond donors (Lipinski definition) is 1. The van der Waals surface area contributed by atoms with Crippen LogP contribution in [0.3, 0.4) is 0 Å². The topological polar surface area (TPSA) is 101 Å². The average Bonchev–Trinajstić information content (AvgIpc) is 3.48. The Morgan fingerprint density at radius 2 is 1.96 bits per heavy atom. The van der Waals surface area contributed by atoms with Crippen LogP contribution in [0.4, 0.5) is 0 Å². The van der Waals surface area contributed by atoms with Gasteiger partial charge in [-0.25, -0.2) is 0 Å². The predicted molar refractivity (Wildman–Crippen MR) is 169 cm³/mol. The molecular weight excluding hydrogens is 572 g/mol. The number of allylic oxidation sites excluding steroid dienone is 5. The second-order valence-corrected chi connectivity index (χ2v) is 15.3. The molecule has 8 heteroatoms. The fourth-order valence-electron chi connectivity index (χ4n) is 9.92. The van der Waals surface area contributed by atoms with Crippen LogP contribution in [0.5, 0.6) is 0 Å². The molecule has 0 aromatic carbocycles. The molecule has 2 aliphatic heterocycles. The Labute approximate surface area is 268 Å². The Bertz CT molecular complexity index is 1220. The zero-order valence-corrected chi connectivity index (χ0v) is 27.9. The molecule has 3 unspecified atom stereocenters. The van der Waals surface area contributed by atoms with Crippen molar-refractivity contribution in [3.8, 4) is 0 Å². The van der Waals surface area contributed by atoms with E-state index in [4.69, 9.17) is 23.7 Å². The van der Waals surface area contributed by atoms with Gasteiger partial charge in [0.25, 0.3) is 0 Å². The molecule has 0 amide bonds. The van der Waals surface area contributed by atoms with Crippen molar-refractivity contribution in [3.63, 3.8) is 0 Å². The minimum Gasteiger partial charge on any atom is -0.393 e. The van der Waals surface area contributed by atoms with Gasteiger partial charge in [0, 0.05) is 22.7 Å². The summed E-state index contributed by atoms with van der Waals surface area (Å²) in [6.45, 7) is 14.7. The molecule has 8 nitrogen and oxygen atoms in total. The van der Waals surface area contributed by atoms with Crippen molar-refractivity contribution in [2.45, 2.75) is 129 Å². The van der Waals surface area contributed by atoms with Gasteiger partial charge in [0.05, 0.1) is 24.9 Å². The average molecular weight is 627 g/mol. The number of ketones is 2. The maximum absolute atomic E-state index is 14.5. The number of carbonyl (C=O) groups excluding carboxylic acids is 2. The Hall–Kier alpha value is -1.68. The lowest BCUT2D eigenvalue weighted by molar-refractivity contribution is -0.220. The molecular formula is C37H54O8. The highest BCUT2D eigenvalue weighted by Crippen LogP contribution is 2.69. The zero-order chi connectivity index (χ0) is 32.1. The molecule has 250 valence electrons. The normalized spacial score (nSPS) is 43.8. The highest BCUT2D eigenvalue weighted by molar-refractivity contribution is 5.91. The van der Waals surface area contributed by atoms with Gasteiger partial charge in [-0.05, 0) is 68.8 Å². The number of carbonyl (C=O) groups is 2. The Balaban J connectivity index is 1.18. The third kappa shape index (κ3) is 5.65. The van der Waals surface area contributed by atoms with Crippen LogP contribution in [0.15, 0.2) is 36.0 Å². The third-order valence-electron chi connectivity index (χ3n) is 12.2. The molecule has 1 N–H and O–H groups in total. The summed E-state index contributed by atoms with van der Waals surface area (Å²) in [6.07, 6.45) is 11.6. The predicted octanol–water partition coefficient (Wildman–Crippen LogP) is 5.87. The van der Waals surface area contributed by atoms with E-state index in [1.807, 2.05) is 13.8 Å². The molecule has 11 atom stereocenters. The summed E-state index contributed by atoms with van der Waals surface area (Å²) < 4.78 is 31.3. The molecule has 45 heavy (non-hydrogen) atoms. The van der Waals surface area contributed by atoms with Crippen LogP contribution in [0.1, 0.15) is 92.4 Å². The molecule has 4 aliphatic carbocycles. The smallest absolute Gasteiger partial charge is 0.193 e. The van der Waals surface area contributed by atoms with E-state index in [0.717, 1.165) is 50.5 Å². The van der Waals surface area contributed by atoms with Crippen molar-refractivity contribution in [2.75, 3.05) is 19.8 Å². The van der Waals surface area contributed by atoms with Crippen LogP contribution in [0.2, 0.25) is 0 Å². The monoisotopic (exact) mass is 626 g/mol. The van der Waals surface area contributed by atoms with Gasteiger partial charge >= 0.3 is 0 Å².